The van der Waals surface area contributed by atoms with Crippen LogP contribution < -0.4 is 10.1 Å². The quantitative estimate of drug-likeness (QED) is 0.570. The molecule has 4 heteroatoms. The van der Waals surface area contributed by atoms with Crippen LogP contribution >= 0.6 is 0 Å². The van der Waals surface area contributed by atoms with Gasteiger partial charge in [0.05, 0.1) is 13.2 Å². The molecule has 1 atom stereocenters. The van der Waals surface area contributed by atoms with Crippen molar-refractivity contribution in [3.05, 3.63) is 89.5 Å². The molecule has 4 nitrogen and oxygen atoms in total. The number of ether oxygens (including phenoxy) is 1. The van der Waals surface area contributed by atoms with E-state index < -0.39 is 0 Å². The van der Waals surface area contributed by atoms with Crippen molar-refractivity contribution in [1.82, 2.24) is 10.2 Å². The Kier molecular flexibility index (Phi) is 7.26. The molecule has 0 saturated carbocycles. The Morgan fingerprint density at radius 1 is 0.967 bits per heavy atom. The molecule has 30 heavy (non-hydrogen) atoms. The molecular weight excluding hydrogens is 372 g/mol. The minimum Gasteiger partial charge on any atom is -0.497 e. The number of nitrogens with one attached hydrogen (secondary N) is 1. The van der Waals surface area contributed by atoms with E-state index in [2.05, 4.69) is 41.4 Å². The van der Waals surface area contributed by atoms with Crippen LogP contribution in [0.2, 0.25) is 0 Å². The Bertz CT molecular complexity index is 963. The molecule has 0 aliphatic rings. The summed E-state index contributed by atoms with van der Waals surface area (Å²) < 4.78 is 5.23. The Morgan fingerprint density at radius 3 is 2.30 bits per heavy atom. The number of methoxy groups -OCH3 is 1. The van der Waals surface area contributed by atoms with E-state index in [9.17, 15) is 4.79 Å². The summed E-state index contributed by atoms with van der Waals surface area (Å²) in [5.41, 5.74) is 5.05. The molecule has 0 aliphatic heterocycles. The van der Waals surface area contributed by atoms with Gasteiger partial charge in [-0.15, -0.1) is 0 Å². The van der Waals surface area contributed by atoms with Crippen LogP contribution in [0.4, 0.5) is 0 Å². The molecule has 0 fully saturated rings. The van der Waals surface area contributed by atoms with Crippen LogP contribution in [0.3, 0.4) is 0 Å². The Labute approximate surface area is 179 Å². The number of hydrogen-bond donors (Lipinski definition) is 1. The van der Waals surface area contributed by atoms with Crippen molar-refractivity contribution in [3.63, 3.8) is 0 Å². The van der Waals surface area contributed by atoms with E-state index in [1.54, 1.807) is 7.11 Å². The van der Waals surface area contributed by atoms with Crippen LogP contribution in [0.5, 0.6) is 5.75 Å². The van der Waals surface area contributed by atoms with Crippen molar-refractivity contribution >= 4 is 5.91 Å². The van der Waals surface area contributed by atoms with E-state index in [0.717, 1.165) is 35.4 Å². The van der Waals surface area contributed by atoms with Gasteiger partial charge in [-0.25, -0.2) is 0 Å². The molecule has 0 radical (unpaired) electrons. The van der Waals surface area contributed by atoms with E-state index in [0.29, 0.717) is 5.56 Å². The zero-order chi connectivity index (χ0) is 21.5. The first kappa shape index (κ1) is 21.6. The van der Waals surface area contributed by atoms with E-state index in [4.69, 9.17) is 4.74 Å². The minimum absolute atomic E-state index is 0.0369. The number of carbonyl (C=O) groups excluding carboxylic acids is 1. The highest BCUT2D eigenvalue weighted by atomic mass is 16.5. The number of rotatable bonds is 8. The number of aryl methyl sites for hydroxylation is 1. The zero-order valence-corrected chi connectivity index (χ0v) is 18.2. The van der Waals surface area contributed by atoms with Crippen LogP contribution in [0.25, 0.3) is 11.1 Å². The molecule has 3 rings (SSSR count). The molecule has 0 saturated heterocycles. The summed E-state index contributed by atoms with van der Waals surface area (Å²) in [6, 6.07) is 24.0. The van der Waals surface area contributed by atoms with Crippen LogP contribution in [0.1, 0.15) is 33.9 Å². The van der Waals surface area contributed by atoms with Crippen molar-refractivity contribution in [2.24, 2.45) is 0 Å². The first-order valence-electron chi connectivity index (χ1n) is 10.2. The summed E-state index contributed by atoms with van der Waals surface area (Å²) in [7, 11) is 5.75. The summed E-state index contributed by atoms with van der Waals surface area (Å²) in [4.78, 5) is 15.2. The topological polar surface area (TPSA) is 41.6 Å². The van der Waals surface area contributed by atoms with Gasteiger partial charge in [0.15, 0.2) is 0 Å². The average Bonchev–Trinajstić information content (AvgIpc) is 2.77. The molecule has 1 unspecified atom stereocenters. The van der Waals surface area contributed by atoms with Crippen molar-refractivity contribution in [2.75, 3.05) is 27.7 Å². The maximum Gasteiger partial charge on any atom is 0.251 e. The van der Waals surface area contributed by atoms with E-state index >= 15 is 0 Å². The number of benzene rings is 3. The molecule has 0 bridgehead atoms. The van der Waals surface area contributed by atoms with E-state index in [-0.39, 0.29) is 11.9 Å². The second-order valence-corrected chi connectivity index (χ2v) is 7.84. The molecular formula is C26H30N2O2. The molecule has 3 aromatic rings. The Hall–Kier alpha value is -3.11. The summed E-state index contributed by atoms with van der Waals surface area (Å²) in [5.74, 6) is 0.754. The molecule has 0 heterocycles. The lowest BCUT2D eigenvalue weighted by molar-refractivity contribution is 0.0932. The van der Waals surface area contributed by atoms with Gasteiger partial charge in [0, 0.05) is 5.56 Å². The lowest BCUT2D eigenvalue weighted by Gasteiger charge is -2.22. The van der Waals surface area contributed by atoms with Crippen molar-refractivity contribution in [2.45, 2.75) is 19.4 Å². The predicted molar refractivity (Wildman–Crippen MR) is 123 cm³/mol. The third kappa shape index (κ3) is 5.71. The Balaban J connectivity index is 1.80. The highest BCUT2D eigenvalue weighted by Crippen LogP contribution is 2.24. The second-order valence-electron chi connectivity index (χ2n) is 7.84. The maximum absolute atomic E-state index is 13.1. The molecule has 1 N–H and O–H groups in total. The predicted octanol–water partition coefficient (Wildman–Crippen LogP) is 5.09. The highest BCUT2D eigenvalue weighted by Gasteiger charge is 2.16. The van der Waals surface area contributed by atoms with Crippen LogP contribution in [0, 0.1) is 6.92 Å². The van der Waals surface area contributed by atoms with Gasteiger partial charge >= 0.3 is 0 Å². The fraction of sp³-hybridized carbons (Fsp3) is 0.269. The van der Waals surface area contributed by atoms with Gasteiger partial charge in [0.2, 0.25) is 0 Å². The summed E-state index contributed by atoms with van der Waals surface area (Å²) in [6.45, 7) is 2.96. The lowest BCUT2D eigenvalue weighted by atomic mass is 10.00. The van der Waals surface area contributed by atoms with Crippen LogP contribution in [-0.4, -0.2) is 38.6 Å². The second kappa shape index (κ2) is 10.1. The fourth-order valence-electron chi connectivity index (χ4n) is 3.37. The van der Waals surface area contributed by atoms with Gasteiger partial charge in [0.25, 0.3) is 5.91 Å². The lowest BCUT2D eigenvalue weighted by Crippen LogP contribution is -2.31. The first-order chi connectivity index (χ1) is 14.5. The monoisotopic (exact) mass is 402 g/mol. The molecule has 3 aromatic carbocycles. The van der Waals surface area contributed by atoms with Gasteiger partial charge in [-0.05, 0) is 74.9 Å². The van der Waals surface area contributed by atoms with Gasteiger partial charge in [0.1, 0.15) is 5.75 Å². The average molecular weight is 403 g/mol. The molecule has 0 spiro atoms. The molecule has 156 valence electrons. The number of nitrogens with zero attached hydrogens (tertiary/aromatic N) is 1. The number of carbonyl (C=O) groups is 1. The zero-order valence-electron chi connectivity index (χ0n) is 18.2. The van der Waals surface area contributed by atoms with Gasteiger partial charge < -0.3 is 15.0 Å². The Morgan fingerprint density at radius 2 is 1.67 bits per heavy atom. The SMILES string of the molecule is COc1ccc(-c2cccc(C(=O)NC(CCN(C)C)c3ccc(C)cc3)c2)cc1. The molecule has 1 amide bonds. The minimum atomic E-state index is -0.0605. The van der Waals surface area contributed by atoms with E-state index in [1.165, 1.54) is 5.56 Å². The first-order valence-corrected chi connectivity index (χ1v) is 10.2. The van der Waals surface area contributed by atoms with Crippen molar-refractivity contribution in [1.29, 1.82) is 0 Å². The molecule has 0 aliphatic carbocycles. The fourth-order valence-corrected chi connectivity index (χ4v) is 3.37. The van der Waals surface area contributed by atoms with Gasteiger partial charge in [-0.1, -0.05) is 54.1 Å². The standard InChI is InChI=1S/C26H30N2O2/c1-19-8-10-21(11-9-19)25(16-17-28(2)3)27-26(29)23-7-5-6-22(18-23)20-12-14-24(30-4)15-13-20/h5-15,18,25H,16-17H2,1-4H3,(H,27,29). The maximum atomic E-state index is 13.1. The summed E-state index contributed by atoms with van der Waals surface area (Å²) in [5, 5.41) is 3.24. The van der Waals surface area contributed by atoms with E-state index in [1.807, 2.05) is 62.6 Å². The van der Waals surface area contributed by atoms with Gasteiger partial charge in [-0.2, -0.15) is 0 Å². The highest BCUT2D eigenvalue weighted by molar-refractivity contribution is 5.95. The molecule has 0 aromatic heterocycles. The third-order valence-corrected chi connectivity index (χ3v) is 5.20. The normalized spacial score (nSPS) is 11.9. The van der Waals surface area contributed by atoms with Gasteiger partial charge in [-0.3, -0.25) is 4.79 Å². The summed E-state index contributed by atoms with van der Waals surface area (Å²) >= 11 is 0. The van der Waals surface area contributed by atoms with Crippen LogP contribution in [0.15, 0.2) is 72.8 Å². The third-order valence-electron chi connectivity index (χ3n) is 5.20. The number of amides is 1. The number of hydrogen-bond acceptors (Lipinski definition) is 3. The largest absolute Gasteiger partial charge is 0.497 e. The van der Waals surface area contributed by atoms with Crippen LogP contribution in [-0.2, 0) is 0 Å². The van der Waals surface area contributed by atoms with Crippen molar-refractivity contribution < 1.29 is 9.53 Å². The smallest absolute Gasteiger partial charge is 0.251 e. The van der Waals surface area contributed by atoms with Crippen molar-refractivity contribution in [3.8, 4) is 16.9 Å². The summed E-state index contributed by atoms with van der Waals surface area (Å²) in [6.07, 6.45) is 0.847.